The second kappa shape index (κ2) is 13.1. The van der Waals surface area contributed by atoms with E-state index < -0.39 is 42.8 Å². The van der Waals surface area contributed by atoms with Gasteiger partial charge in [0.1, 0.15) is 0 Å². The molecule has 0 aromatic heterocycles. The Labute approximate surface area is 205 Å². The van der Waals surface area contributed by atoms with E-state index in [1.807, 2.05) is 37.3 Å². The van der Waals surface area contributed by atoms with Crippen molar-refractivity contribution in [1.82, 2.24) is 5.32 Å². The summed E-state index contributed by atoms with van der Waals surface area (Å²) < 4.78 is 5.21. The van der Waals surface area contributed by atoms with Crippen molar-refractivity contribution in [3.05, 3.63) is 48.0 Å². The van der Waals surface area contributed by atoms with Crippen molar-refractivity contribution in [2.75, 3.05) is 17.7 Å². The molecule has 1 heterocycles. The summed E-state index contributed by atoms with van der Waals surface area (Å²) in [6.07, 6.45) is -0.0486. The van der Waals surface area contributed by atoms with Crippen LogP contribution in [0.3, 0.4) is 0 Å². The van der Waals surface area contributed by atoms with E-state index >= 15 is 0 Å². The average Bonchev–Trinajstić information content (AvgIpc) is 2.80. The van der Waals surface area contributed by atoms with Gasteiger partial charge in [-0.1, -0.05) is 50.2 Å². The van der Waals surface area contributed by atoms with Gasteiger partial charge in [-0.3, -0.25) is 14.4 Å². The third-order valence-corrected chi connectivity index (χ3v) is 6.01. The number of para-hydroxylation sites is 1. The third-order valence-electron chi connectivity index (χ3n) is 4.50. The van der Waals surface area contributed by atoms with E-state index in [1.165, 1.54) is 23.1 Å². The number of carbonyl (C=O) groups excluding carboxylic acids is 3. The van der Waals surface area contributed by atoms with Crippen LogP contribution in [0.1, 0.15) is 32.3 Å². The number of carboxylic acids is 1. The van der Waals surface area contributed by atoms with Crippen LogP contribution in [0.25, 0.3) is 0 Å². The molecule has 0 fully saturated rings. The number of ether oxygens (including phenoxy) is 1. The van der Waals surface area contributed by atoms with Crippen LogP contribution in [0.5, 0.6) is 0 Å². The molecule has 0 aliphatic carbocycles. The van der Waals surface area contributed by atoms with Gasteiger partial charge in [0, 0.05) is 16.0 Å². The molecule has 182 valence electrons. The van der Waals surface area contributed by atoms with E-state index in [1.54, 1.807) is 12.1 Å². The van der Waals surface area contributed by atoms with Crippen molar-refractivity contribution in [2.24, 2.45) is 0 Å². The van der Waals surface area contributed by atoms with Crippen molar-refractivity contribution in [3.8, 4) is 0 Å². The second-order valence-electron chi connectivity index (χ2n) is 7.53. The Morgan fingerprint density at radius 1 is 1.09 bits per heavy atom. The van der Waals surface area contributed by atoms with Gasteiger partial charge in [-0.05, 0) is 36.8 Å². The molecule has 2 amide bonds. The van der Waals surface area contributed by atoms with Gasteiger partial charge in [0.25, 0.3) is 5.91 Å². The maximum absolute atomic E-state index is 12.9. The number of ketones is 1. The van der Waals surface area contributed by atoms with Crippen LogP contribution in [0.15, 0.2) is 52.3 Å². The third kappa shape index (κ3) is 7.30. The Hall–Kier alpha value is -2.90. The highest BCUT2D eigenvalue weighted by atomic mass is 32.2. The van der Waals surface area contributed by atoms with E-state index in [4.69, 9.17) is 9.84 Å². The number of benzene rings is 2. The topological polar surface area (TPSA) is 113 Å². The number of hydrogen-bond donors (Lipinski definition) is 2. The Morgan fingerprint density at radius 3 is 2.38 bits per heavy atom. The molecule has 2 aromatic carbocycles. The van der Waals surface area contributed by atoms with Gasteiger partial charge < -0.3 is 15.2 Å². The number of rotatable bonds is 7. The molecule has 0 saturated heterocycles. The van der Waals surface area contributed by atoms with Crippen LogP contribution in [-0.4, -0.2) is 47.7 Å². The fourth-order valence-electron chi connectivity index (χ4n) is 3.05. The van der Waals surface area contributed by atoms with Crippen molar-refractivity contribution >= 4 is 56.1 Å². The van der Waals surface area contributed by atoms with Gasteiger partial charge in [-0.25, -0.2) is 9.69 Å². The highest BCUT2D eigenvalue weighted by molar-refractivity contribution is 7.99. The fraction of sp³-hybridized carbons (Fsp3) is 0.333. The van der Waals surface area contributed by atoms with E-state index in [9.17, 15) is 19.2 Å². The number of hydrogen-bond acceptors (Lipinski definition) is 6. The monoisotopic (exact) mass is 504 g/mol. The molecular formula is C24H29N2O6PS. The maximum atomic E-state index is 12.9. The quantitative estimate of drug-likeness (QED) is 0.532. The molecule has 10 heteroatoms. The molecule has 0 saturated carbocycles. The summed E-state index contributed by atoms with van der Waals surface area (Å²) in [7, 11) is 2.19. The van der Waals surface area contributed by atoms with Gasteiger partial charge in [0.05, 0.1) is 23.8 Å². The van der Waals surface area contributed by atoms with E-state index in [-0.39, 0.29) is 6.16 Å². The first-order valence-electron chi connectivity index (χ1n) is 10.8. The Bertz CT molecular complexity index is 1060. The van der Waals surface area contributed by atoms with Crippen molar-refractivity contribution in [2.45, 2.75) is 49.4 Å². The summed E-state index contributed by atoms with van der Waals surface area (Å²) in [6, 6.07) is 11.8. The summed E-state index contributed by atoms with van der Waals surface area (Å²) >= 11 is 1.54. The first-order chi connectivity index (χ1) is 16.2. The predicted molar refractivity (Wildman–Crippen MR) is 135 cm³/mol. The summed E-state index contributed by atoms with van der Waals surface area (Å²) in [5, 5.41) is 11.3. The summed E-state index contributed by atoms with van der Waals surface area (Å²) in [5.41, 5.74) is 2.32. The van der Waals surface area contributed by atoms with Crippen LogP contribution in [0, 0.1) is 6.92 Å². The van der Waals surface area contributed by atoms with Gasteiger partial charge >= 0.3 is 12.1 Å². The van der Waals surface area contributed by atoms with Gasteiger partial charge in [0.15, 0.2) is 12.4 Å². The molecule has 0 bridgehead atoms. The molecule has 0 spiro atoms. The summed E-state index contributed by atoms with van der Waals surface area (Å²) in [5.74, 6) is -2.42. The SMILES string of the molecule is CCC.Cc1ccc2c(c1)Sc1ccccc1N2C(=O)OCC(=O)NC(CC(=O)O)C(=O)CP. The van der Waals surface area contributed by atoms with E-state index in [2.05, 4.69) is 28.4 Å². The average molecular weight is 505 g/mol. The minimum absolute atomic E-state index is 0.00353. The zero-order valence-corrected chi connectivity index (χ0v) is 21.3. The standard InChI is InChI=1S/C21H21N2O6PS.C3H8/c1-12-6-7-15-18(8-12)31-17-5-3-2-4-14(17)23(15)21(28)29-10-19(25)22-13(9-20(26)27)16(24)11-30;1-3-2/h2-8,13H,9-11,30H2,1H3,(H,22,25)(H,26,27);3H2,1-2H3. The van der Waals surface area contributed by atoms with Gasteiger partial charge in [-0.2, -0.15) is 0 Å². The molecule has 2 aromatic rings. The predicted octanol–water partition coefficient (Wildman–Crippen LogP) is 4.55. The minimum Gasteiger partial charge on any atom is -0.481 e. The van der Waals surface area contributed by atoms with E-state index in [0.717, 1.165) is 15.4 Å². The normalized spacial score (nSPS) is 12.3. The molecule has 2 unspecified atom stereocenters. The molecule has 2 atom stereocenters. The highest BCUT2D eigenvalue weighted by Gasteiger charge is 2.30. The second-order valence-corrected chi connectivity index (χ2v) is 9.02. The van der Waals surface area contributed by atoms with Gasteiger partial charge in [-0.15, -0.1) is 9.24 Å². The minimum atomic E-state index is -1.22. The maximum Gasteiger partial charge on any atom is 0.419 e. The number of amides is 2. The first-order valence-corrected chi connectivity index (χ1v) is 12.4. The molecule has 34 heavy (non-hydrogen) atoms. The molecule has 1 aliphatic heterocycles. The van der Waals surface area contributed by atoms with Gasteiger partial charge in [0.2, 0.25) is 0 Å². The van der Waals surface area contributed by atoms with Crippen LogP contribution < -0.4 is 10.2 Å². The lowest BCUT2D eigenvalue weighted by molar-refractivity contribution is -0.140. The number of nitrogens with one attached hydrogen (secondary N) is 1. The lowest BCUT2D eigenvalue weighted by Crippen LogP contribution is -2.45. The number of aliphatic carboxylic acids is 1. The Balaban J connectivity index is 0.00000129. The number of Topliss-reactive ketones (excluding diaryl/α,β-unsaturated/α-hetero) is 1. The fourth-order valence-corrected chi connectivity index (χ4v) is 4.49. The number of nitrogens with zero attached hydrogens (tertiary/aromatic N) is 1. The Kier molecular flexibility index (Phi) is 10.5. The van der Waals surface area contributed by atoms with Crippen LogP contribution in [0.2, 0.25) is 0 Å². The van der Waals surface area contributed by atoms with Crippen molar-refractivity contribution in [1.29, 1.82) is 0 Å². The van der Waals surface area contributed by atoms with Crippen LogP contribution in [0.4, 0.5) is 16.2 Å². The van der Waals surface area contributed by atoms with Crippen molar-refractivity contribution < 1.29 is 29.0 Å². The summed E-state index contributed by atoms with van der Waals surface area (Å²) in [4.78, 5) is 51.1. The largest absolute Gasteiger partial charge is 0.481 e. The van der Waals surface area contributed by atoms with Crippen molar-refractivity contribution in [3.63, 3.8) is 0 Å². The molecule has 3 rings (SSSR count). The van der Waals surface area contributed by atoms with E-state index in [0.29, 0.717) is 11.4 Å². The Morgan fingerprint density at radius 2 is 1.74 bits per heavy atom. The number of carboxylic acid groups (broad SMARTS) is 1. The zero-order valence-electron chi connectivity index (χ0n) is 19.4. The highest BCUT2D eigenvalue weighted by Crippen LogP contribution is 2.48. The molecule has 8 nitrogen and oxygen atoms in total. The number of aryl methyl sites for hydroxylation is 1. The molecule has 1 aliphatic rings. The smallest absolute Gasteiger partial charge is 0.419 e. The first kappa shape index (κ1) is 27.3. The number of fused-ring (bicyclic) bond motifs is 2. The zero-order chi connectivity index (χ0) is 25.3. The lowest BCUT2D eigenvalue weighted by Gasteiger charge is -2.30. The number of carbonyl (C=O) groups is 4. The number of anilines is 2. The lowest BCUT2D eigenvalue weighted by atomic mass is 10.1. The van der Waals surface area contributed by atoms with Crippen LogP contribution >= 0.6 is 21.0 Å². The molecular weight excluding hydrogens is 475 g/mol. The summed E-state index contributed by atoms with van der Waals surface area (Å²) in [6.45, 7) is 5.56. The van der Waals surface area contributed by atoms with Crippen LogP contribution in [-0.2, 0) is 19.1 Å². The molecule has 0 radical (unpaired) electrons. The molecule has 2 N–H and O–H groups in total.